The van der Waals surface area contributed by atoms with Crippen LogP contribution in [-0.4, -0.2) is 41.3 Å². The molecular formula is C10H18F3NO2. The average molecular weight is 241 g/mol. The summed E-state index contributed by atoms with van der Waals surface area (Å²) in [7, 11) is 0. The Bertz CT molecular complexity index is 217. The minimum Gasteiger partial charge on any atom is -0.481 e. The Morgan fingerprint density at radius 2 is 1.88 bits per heavy atom. The van der Waals surface area contributed by atoms with Crippen molar-refractivity contribution in [3.63, 3.8) is 0 Å². The molecule has 16 heavy (non-hydrogen) atoms. The second kappa shape index (κ2) is 6.73. The van der Waals surface area contributed by atoms with E-state index in [2.05, 4.69) is 0 Å². The van der Waals surface area contributed by atoms with Crippen molar-refractivity contribution >= 4 is 5.97 Å². The standard InChI is InChI=1S/C10H18F3NO2/c1-8(2)14(7-4-9(15)16)6-3-5-10(11,12)13/h8H,3-7H2,1-2H3,(H,15,16). The highest BCUT2D eigenvalue weighted by molar-refractivity contribution is 5.66. The van der Waals surface area contributed by atoms with Crippen molar-refractivity contribution in [2.45, 2.75) is 45.3 Å². The maximum atomic E-state index is 11.9. The van der Waals surface area contributed by atoms with E-state index in [0.717, 1.165) is 0 Å². The Labute approximate surface area is 93.2 Å². The fraction of sp³-hybridized carbons (Fsp3) is 0.900. The lowest BCUT2D eigenvalue weighted by Gasteiger charge is -2.25. The normalized spacial score (nSPS) is 12.4. The lowest BCUT2D eigenvalue weighted by molar-refractivity contribution is -0.139. The molecule has 0 rings (SSSR count). The summed E-state index contributed by atoms with van der Waals surface area (Å²) in [6.45, 7) is 4.26. The van der Waals surface area contributed by atoms with Crippen LogP contribution < -0.4 is 0 Å². The molecule has 0 heterocycles. The zero-order chi connectivity index (χ0) is 12.8. The van der Waals surface area contributed by atoms with Crippen molar-refractivity contribution in [3.8, 4) is 0 Å². The van der Waals surface area contributed by atoms with Crippen LogP contribution in [0.25, 0.3) is 0 Å². The number of aliphatic carboxylic acids is 1. The molecule has 1 N–H and O–H groups in total. The lowest BCUT2D eigenvalue weighted by atomic mass is 10.2. The summed E-state index contributed by atoms with van der Waals surface area (Å²) in [5.74, 6) is -0.929. The van der Waals surface area contributed by atoms with Gasteiger partial charge in [0.1, 0.15) is 0 Å². The number of hydrogen-bond acceptors (Lipinski definition) is 2. The summed E-state index contributed by atoms with van der Waals surface area (Å²) < 4.78 is 35.7. The zero-order valence-corrected chi connectivity index (χ0v) is 9.55. The van der Waals surface area contributed by atoms with Gasteiger partial charge >= 0.3 is 12.1 Å². The number of rotatable bonds is 7. The molecule has 0 saturated heterocycles. The molecule has 96 valence electrons. The van der Waals surface area contributed by atoms with E-state index in [1.54, 1.807) is 4.90 Å². The number of carboxylic acids is 1. The third kappa shape index (κ3) is 8.52. The van der Waals surface area contributed by atoms with E-state index < -0.39 is 18.6 Å². The van der Waals surface area contributed by atoms with Gasteiger partial charge in [0.25, 0.3) is 0 Å². The Hall–Kier alpha value is -0.780. The van der Waals surface area contributed by atoms with Crippen LogP contribution in [0, 0.1) is 0 Å². The van der Waals surface area contributed by atoms with E-state index in [4.69, 9.17) is 5.11 Å². The molecule has 0 fully saturated rings. The molecule has 0 aliphatic rings. The molecule has 0 radical (unpaired) electrons. The molecule has 3 nitrogen and oxygen atoms in total. The van der Waals surface area contributed by atoms with Crippen LogP contribution >= 0.6 is 0 Å². The molecule has 6 heteroatoms. The molecule has 0 aromatic rings. The van der Waals surface area contributed by atoms with E-state index in [9.17, 15) is 18.0 Å². The smallest absolute Gasteiger partial charge is 0.389 e. The second-order valence-electron chi connectivity index (χ2n) is 3.99. The summed E-state index contributed by atoms with van der Waals surface area (Å²) in [6.07, 6.45) is -4.97. The Balaban J connectivity index is 3.90. The SMILES string of the molecule is CC(C)N(CCCC(F)(F)F)CCC(=O)O. The van der Waals surface area contributed by atoms with Crippen molar-refractivity contribution in [2.75, 3.05) is 13.1 Å². The Kier molecular flexibility index (Phi) is 6.40. The predicted octanol–water partition coefficient (Wildman–Crippen LogP) is 2.51. The van der Waals surface area contributed by atoms with E-state index in [1.807, 2.05) is 13.8 Å². The molecule has 0 unspecified atom stereocenters. The molecule has 0 aliphatic carbocycles. The highest BCUT2D eigenvalue weighted by Crippen LogP contribution is 2.21. The Morgan fingerprint density at radius 3 is 2.25 bits per heavy atom. The lowest BCUT2D eigenvalue weighted by Crippen LogP contribution is -2.34. The van der Waals surface area contributed by atoms with Crippen molar-refractivity contribution in [1.82, 2.24) is 4.90 Å². The van der Waals surface area contributed by atoms with Gasteiger partial charge in [-0.3, -0.25) is 4.79 Å². The van der Waals surface area contributed by atoms with Gasteiger partial charge in [-0.25, -0.2) is 0 Å². The summed E-state index contributed by atoms with van der Waals surface area (Å²) >= 11 is 0. The van der Waals surface area contributed by atoms with Crippen LogP contribution in [0.15, 0.2) is 0 Å². The van der Waals surface area contributed by atoms with Crippen molar-refractivity contribution < 1.29 is 23.1 Å². The number of carboxylic acid groups (broad SMARTS) is 1. The van der Waals surface area contributed by atoms with Gasteiger partial charge in [-0.05, 0) is 26.8 Å². The van der Waals surface area contributed by atoms with E-state index >= 15 is 0 Å². The first-order valence-corrected chi connectivity index (χ1v) is 5.25. The van der Waals surface area contributed by atoms with Crippen LogP contribution in [0.5, 0.6) is 0 Å². The third-order valence-electron chi connectivity index (χ3n) is 2.25. The van der Waals surface area contributed by atoms with Crippen molar-refractivity contribution in [2.24, 2.45) is 0 Å². The molecule has 0 saturated carbocycles. The van der Waals surface area contributed by atoms with Crippen LogP contribution in [0.3, 0.4) is 0 Å². The van der Waals surface area contributed by atoms with Gasteiger partial charge in [0.05, 0.1) is 6.42 Å². The first-order valence-electron chi connectivity index (χ1n) is 5.25. The quantitative estimate of drug-likeness (QED) is 0.744. The molecule has 0 aromatic heterocycles. The van der Waals surface area contributed by atoms with Crippen molar-refractivity contribution in [3.05, 3.63) is 0 Å². The number of carbonyl (C=O) groups is 1. The summed E-state index contributed by atoms with van der Waals surface area (Å²) in [4.78, 5) is 12.1. The molecule has 0 atom stereocenters. The van der Waals surface area contributed by atoms with Crippen LogP contribution in [0.4, 0.5) is 13.2 Å². The van der Waals surface area contributed by atoms with Crippen molar-refractivity contribution in [1.29, 1.82) is 0 Å². The monoisotopic (exact) mass is 241 g/mol. The molecule has 0 aliphatic heterocycles. The number of halogens is 3. The molecule has 0 aromatic carbocycles. The number of nitrogens with zero attached hydrogens (tertiary/aromatic N) is 1. The van der Waals surface area contributed by atoms with Gasteiger partial charge in [0.15, 0.2) is 0 Å². The predicted molar refractivity (Wildman–Crippen MR) is 54.3 cm³/mol. The molecule has 0 bridgehead atoms. The number of alkyl halides is 3. The van der Waals surface area contributed by atoms with Gasteiger partial charge < -0.3 is 10.0 Å². The van der Waals surface area contributed by atoms with Crippen LogP contribution in [0.1, 0.15) is 33.1 Å². The minimum absolute atomic E-state index is 0.0152. The van der Waals surface area contributed by atoms with E-state index in [-0.39, 0.29) is 25.4 Å². The highest BCUT2D eigenvalue weighted by Gasteiger charge is 2.26. The maximum Gasteiger partial charge on any atom is 0.389 e. The highest BCUT2D eigenvalue weighted by atomic mass is 19.4. The van der Waals surface area contributed by atoms with Gasteiger partial charge in [-0.1, -0.05) is 0 Å². The van der Waals surface area contributed by atoms with Gasteiger partial charge in [0.2, 0.25) is 0 Å². The van der Waals surface area contributed by atoms with Crippen LogP contribution in [0.2, 0.25) is 0 Å². The second-order valence-corrected chi connectivity index (χ2v) is 3.99. The van der Waals surface area contributed by atoms with Gasteiger partial charge in [0, 0.05) is 19.0 Å². The van der Waals surface area contributed by atoms with Gasteiger partial charge in [-0.2, -0.15) is 13.2 Å². The third-order valence-corrected chi connectivity index (χ3v) is 2.25. The van der Waals surface area contributed by atoms with E-state index in [0.29, 0.717) is 6.54 Å². The van der Waals surface area contributed by atoms with E-state index in [1.165, 1.54) is 0 Å². The molecular weight excluding hydrogens is 223 g/mol. The fourth-order valence-electron chi connectivity index (χ4n) is 1.35. The molecule has 0 amide bonds. The van der Waals surface area contributed by atoms with Crippen LogP contribution in [-0.2, 0) is 4.79 Å². The topological polar surface area (TPSA) is 40.5 Å². The number of hydrogen-bond donors (Lipinski definition) is 1. The Morgan fingerprint density at radius 1 is 1.31 bits per heavy atom. The first-order chi connectivity index (χ1) is 7.22. The fourth-order valence-corrected chi connectivity index (χ4v) is 1.35. The average Bonchev–Trinajstić information content (AvgIpc) is 2.07. The van der Waals surface area contributed by atoms with Gasteiger partial charge in [-0.15, -0.1) is 0 Å². The molecule has 0 spiro atoms. The largest absolute Gasteiger partial charge is 0.481 e. The minimum atomic E-state index is -4.13. The zero-order valence-electron chi connectivity index (χ0n) is 9.55. The first kappa shape index (κ1) is 15.2. The summed E-state index contributed by atoms with van der Waals surface area (Å²) in [5, 5.41) is 8.49. The maximum absolute atomic E-state index is 11.9. The summed E-state index contributed by atoms with van der Waals surface area (Å²) in [6, 6.07) is 0.0626. The summed E-state index contributed by atoms with van der Waals surface area (Å²) in [5.41, 5.74) is 0.